The van der Waals surface area contributed by atoms with E-state index in [0.717, 1.165) is 6.07 Å². The van der Waals surface area contributed by atoms with Gasteiger partial charge < -0.3 is 10.1 Å². The standard InChI is InChI=1S/C21H19N3O6S/c1-14-8-10-17(24(26)27)13-18(14)23-31(28,29)20-12-15(9-11-19(20)30-2)21(25)22-16-6-4-3-5-7-16/h3-13,23H,1-2H3,(H,22,25). The molecule has 0 aliphatic heterocycles. The summed E-state index contributed by atoms with van der Waals surface area (Å²) < 4.78 is 33.6. The summed E-state index contributed by atoms with van der Waals surface area (Å²) in [7, 11) is -2.93. The van der Waals surface area contributed by atoms with Gasteiger partial charge in [-0.2, -0.15) is 0 Å². The predicted octanol–water partition coefficient (Wildman–Crippen LogP) is 3.96. The maximum atomic E-state index is 13.1. The summed E-state index contributed by atoms with van der Waals surface area (Å²) in [6.07, 6.45) is 0. The summed E-state index contributed by atoms with van der Waals surface area (Å²) >= 11 is 0. The lowest BCUT2D eigenvalue weighted by atomic mass is 10.2. The van der Waals surface area contributed by atoms with Crippen LogP contribution in [0.3, 0.4) is 0 Å². The highest BCUT2D eigenvalue weighted by molar-refractivity contribution is 7.92. The molecule has 0 spiro atoms. The highest BCUT2D eigenvalue weighted by atomic mass is 32.2. The number of sulfonamides is 1. The van der Waals surface area contributed by atoms with E-state index in [2.05, 4.69) is 10.0 Å². The molecule has 0 heterocycles. The lowest BCUT2D eigenvalue weighted by Gasteiger charge is -2.14. The molecule has 1 amide bonds. The molecule has 3 rings (SSSR count). The van der Waals surface area contributed by atoms with Crippen molar-refractivity contribution in [2.75, 3.05) is 17.1 Å². The highest BCUT2D eigenvalue weighted by Gasteiger charge is 2.23. The molecular weight excluding hydrogens is 422 g/mol. The van der Waals surface area contributed by atoms with Gasteiger partial charge in [-0.1, -0.05) is 24.3 Å². The number of benzene rings is 3. The van der Waals surface area contributed by atoms with Gasteiger partial charge in [-0.05, 0) is 42.8 Å². The zero-order valence-corrected chi connectivity index (χ0v) is 17.5. The van der Waals surface area contributed by atoms with E-state index in [9.17, 15) is 23.3 Å². The number of carbonyl (C=O) groups is 1. The number of nitrogens with one attached hydrogen (secondary N) is 2. The van der Waals surface area contributed by atoms with E-state index in [1.807, 2.05) is 0 Å². The molecule has 0 aliphatic carbocycles. The number of methoxy groups -OCH3 is 1. The zero-order chi connectivity index (χ0) is 22.6. The minimum absolute atomic E-state index is 0.0202. The van der Waals surface area contributed by atoms with Crippen molar-refractivity contribution in [2.24, 2.45) is 0 Å². The van der Waals surface area contributed by atoms with E-state index in [0.29, 0.717) is 11.3 Å². The number of hydrogen-bond donors (Lipinski definition) is 2. The summed E-state index contributed by atoms with van der Waals surface area (Å²) in [6.45, 7) is 1.61. The van der Waals surface area contributed by atoms with Gasteiger partial charge in [0.1, 0.15) is 10.6 Å². The number of rotatable bonds is 7. The summed E-state index contributed by atoms with van der Waals surface area (Å²) in [5.74, 6) is -0.483. The number of non-ortho nitro benzene ring substituents is 1. The van der Waals surface area contributed by atoms with Crippen molar-refractivity contribution in [3.05, 3.63) is 88.0 Å². The molecular formula is C21H19N3O6S. The fourth-order valence-corrected chi connectivity index (χ4v) is 4.10. The SMILES string of the molecule is COc1ccc(C(=O)Nc2ccccc2)cc1S(=O)(=O)Nc1cc([N+](=O)[O-])ccc1C. The van der Waals surface area contributed by atoms with Crippen molar-refractivity contribution in [3.63, 3.8) is 0 Å². The van der Waals surface area contributed by atoms with Gasteiger partial charge in [0.2, 0.25) is 0 Å². The number of nitro groups is 1. The molecule has 0 bridgehead atoms. The average Bonchev–Trinajstić information content (AvgIpc) is 2.75. The fraction of sp³-hybridized carbons (Fsp3) is 0.0952. The number of aryl methyl sites for hydroxylation is 1. The molecule has 0 saturated heterocycles. The average molecular weight is 441 g/mol. The maximum Gasteiger partial charge on any atom is 0.271 e. The summed E-state index contributed by atoms with van der Waals surface area (Å²) in [5.41, 5.74) is 0.937. The molecule has 0 radical (unpaired) electrons. The van der Waals surface area contributed by atoms with Crippen molar-refractivity contribution in [3.8, 4) is 5.75 Å². The fourth-order valence-electron chi connectivity index (χ4n) is 2.79. The Bertz CT molecular complexity index is 1240. The third kappa shape index (κ3) is 4.98. The molecule has 3 aromatic carbocycles. The van der Waals surface area contributed by atoms with Crippen molar-refractivity contribution in [2.45, 2.75) is 11.8 Å². The van der Waals surface area contributed by atoms with Gasteiger partial charge in [-0.3, -0.25) is 19.6 Å². The van der Waals surface area contributed by atoms with Crippen LogP contribution in [0, 0.1) is 17.0 Å². The topological polar surface area (TPSA) is 128 Å². The van der Waals surface area contributed by atoms with Gasteiger partial charge in [-0.15, -0.1) is 0 Å². The second-order valence-corrected chi connectivity index (χ2v) is 8.20. The first-order valence-corrected chi connectivity index (χ1v) is 10.5. The van der Waals surface area contributed by atoms with Crippen LogP contribution in [0.15, 0.2) is 71.6 Å². The first-order valence-electron chi connectivity index (χ1n) is 9.03. The van der Waals surface area contributed by atoms with Crippen LogP contribution in [0.5, 0.6) is 5.75 Å². The smallest absolute Gasteiger partial charge is 0.271 e. The molecule has 0 saturated carbocycles. The second-order valence-electron chi connectivity index (χ2n) is 6.55. The second kappa shape index (κ2) is 8.84. The molecule has 0 fully saturated rings. The molecule has 0 atom stereocenters. The van der Waals surface area contributed by atoms with E-state index >= 15 is 0 Å². The number of para-hydroxylation sites is 1. The van der Waals surface area contributed by atoms with Gasteiger partial charge in [-0.25, -0.2) is 8.42 Å². The number of ether oxygens (including phenoxy) is 1. The lowest BCUT2D eigenvalue weighted by Crippen LogP contribution is -2.17. The Morgan fingerprint density at radius 3 is 2.39 bits per heavy atom. The largest absolute Gasteiger partial charge is 0.495 e. The number of hydrogen-bond acceptors (Lipinski definition) is 6. The third-order valence-corrected chi connectivity index (χ3v) is 5.81. The van der Waals surface area contributed by atoms with Crippen LogP contribution in [0.25, 0.3) is 0 Å². The normalized spacial score (nSPS) is 10.9. The Balaban J connectivity index is 1.97. The maximum absolute atomic E-state index is 13.1. The first kappa shape index (κ1) is 21.8. The van der Waals surface area contributed by atoms with E-state index < -0.39 is 20.9 Å². The van der Waals surface area contributed by atoms with Crippen LogP contribution < -0.4 is 14.8 Å². The van der Waals surface area contributed by atoms with E-state index in [1.54, 1.807) is 37.3 Å². The van der Waals surface area contributed by atoms with Crippen LogP contribution in [0.2, 0.25) is 0 Å². The first-order chi connectivity index (χ1) is 14.7. The van der Waals surface area contributed by atoms with Gasteiger partial charge in [0, 0.05) is 23.4 Å². The molecule has 0 aliphatic rings. The quantitative estimate of drug-likeness (QED) is 0.422. The third-order valence-electron chi connectivity index (χ3n) is 4.42. The van der Waals surface area contributed by atoms with Gasteiger partial charge in [0.15, 0.2) is 0 Å². The summed E-state index contributed by atoms with van der Waals surface area (Å²) in [5, 5.41) is 13.7. The zero-order valence-electron chi connectivity index (χ0n) is 16.7. The minimum atomic E-state index is -4.23. The molecule has 9 nitrogen and oxygen atoms in total. The predicted molar refractivity (Wildman–Crippen MR) is 116 cm³/mol. The summed E-state index contributed by atoms with van der Waals surface area (Å²) in [4.78, 5) is 22.7. The highest BCUT2D eigenvalue weighted by Crippen LogP contribution is 2.30. The number of nitrogens with zero attached hydrogens (tertiary/aromatic N) is 1. The molecule has 2 N–H and O–H groups in total. The molecule has 0 aromatic heterocycles. The minimum Gasteiger partial charge on any atom is -0.495 e. The Morgan fingerprint density at radius 1 is 1.03 bits per heavy atom. The molecule has 31 heavy (non-hydrogen) atoms. The van der Waals surface area contributed by atoms with Crippen molar-refractivity contribution >= 4 is 33.0 Å². The van der Waals surface area contributed by atoms with E-state index in [4.69, 9.17) is 4.74 Å². The number of carbonyl (C=O) groups excluding carboxylic acids is 1. The summed E-state index contributed by atoms with van der Waals surface area (Å²) in [6, 6.07) is 16.6. The van der Waals surface area contributed by atoms with Crippen LogP contribution in [0.1, 0.15) is 15.9 Å². The monoisotopic (exact) mass is 441 g/mol. The van der Waals surface area contributed by atoms with Crippen LogP contribution >= 0.6 is 0 Å². The number of amides is 1. The number of anilines is 2. The van der Waals surface area contributed by atoms with E-state index in [1.165, 1.54) is 37.4 Å². The molecule has 3 aromatic rings. The van der Waals surface area contributed by atoms with E-state index in [-0.39, 0.29) is 27.6 Å². The van der Waals surface area contributed by atoms with Crippen LogP contribution in [-0.2, 0) is 10.0 Å². The van der Waals surface area contributed by atoms with Crippen LogP contribution in [0.4, 0.5) is 17.1 Å². The molecule has 0 unspecified atom stereocenters. The number of nitro benzene ring substituents is 1. The molecule has 160 valence electrons. The lowest BCUT2D eigenvalue weighted by molar-refractivity contribution is -0.384. The Labute approximate surface area is 178 Å². The Hall–Kier alpha value is -3.92. The Kier molecular flexibility index (Phi) is 6.21. The van der Waals surface area contributed by atoms with Gasteiger partial charge >= 0.3 is 0 Å². The van der Waals surface area contributed by atoms with Crippen molar-refractivity contribution in [1.29, 1.82) is 0 Å². The van der Waals surface area contributed by atoms with Gasteiger partial charge in [0.25, 0.3) is 21.6 Å². The van der Waals surface area contributed by atoms with Crippen LogP contribution in [-0.4, -0.2) is 26.4 Å². The van der Waals surface area contributed by atoms with Crippen molar-refractivity contribution in [1.82, 2.24) is 0 Å². The molecule has 10 heteroatoms. The van der Waals surface area contributed by atoms with Gasteiger partial charge in [0.05, 0.1) is 17.7 Å². The Morgan fingerprint density at radius 2 is 1.74 bits per heavy atom. The van der Waals surface area contributed by atoms with Crippen molar-refractivity contribution < 1.29 is 22.9 Å².